The smallest absolute Gasteiger partial charge is 0.305 e. The SMILES string of the molecule is COC(=O)CCCS(=O)(=O)NCCCC(C)C. The van der Waals surface area contributed by atoms with Crippen LogP contribution in [0.4, 0.5) is 0 Å². The average Bonchev–Trinajstić information content (AvgIpc) is 2.23. The van der Waals surface area contributed by atoms with E-state index in [1.165, 1.54) is 7.11 Å². The van der Waals surface area contributed by atoms with Crippen LogP contribution < -0.4 is 4.72 Å². The second-order valence-electron chi connectivity index (χ2n) is 4.43. The highest BCUT2D eigenvalue weighted by molar-refractivity contribution is 7.89. The third kappa shape index (κ3) is 10.3. The van der Waals surface area contributed by atoms with Gasteiger partial charge in [-0.05, 0) is 25.2 Å². The van der Waals surface area contributed by atoms with Crippen LogP contribution in [0.1, 0.15) is 39.5 Å². The highest BCUT2D eigenvalue weighted by atomic mass is 32.2. The first kappa shape index (κ1) is 16.4. The van der Waals surface area contributed by atoms with E-state index in [0.717, 1.165) is 12.8 Å². The van der Waals surface area contributed by atoms with Gasteiger partial charge in [-0.1, -0.05) is 13.8 Å². The van der Waals surface area contributed by atoms with E-state index in [1.54, 1.807) is 0 Å². The van der Waals surface area contributed by atoms with Gasteiger partial charge >= 0.3 is 5.97 Å². The highest BCUT2D eigenvalue weighted by Gasteiger charge is 2.10. The van der Waals surface area contributed by atoms with E-state index >= 15 is 0 Å². The summed E-state index contributed by atoms with van der Waals surface area (Å²) in [5.74, 6) is 0.183. The number of carbonyl (C=O) groups is 1. The number of sulfonamides is 1. The van der Waals surface area contributed by atoms with Crippen LogP contribution in [0, 0.1) is 5.92 Å². The number of hydrogen-bond donors (Lipinski definition) is 1. The molecule has 0 fully saturated rings. The maximum Gasteiger partial charge on any atom is 0.305 e. The summed E-state index contributed by atoms with van der Waals surface area (Å²) in [6.07, 6.45) is 2.29. The van der Waals surface area contributed by atoms with Crippen LogP contribution in [0.15, 0.2) is 0 Å². The lowest BCUT2D eigenvalue weighted by molar-refractivity contribution is -0.140. The predicted molar refractivity (Wildman–Crippen MR) is 67.1 cm³/mol. The van der Waals surface area contributed by atoms with Crippen molar-refractivity contribution in [1.82, 2.24) is 4.72 Å². The number of hydrogen-bond acceptors (Lipinski definition) is 4. The predicted octanol–water partition coefficient (Wildman–Crippen LogP) is 1.30. The largest absolute Gasteiger partial charge is 0.469 e. The molecule has 0 saturated heterocycles. The molecule has 0 spiro atoms. The number of methoxy groups -OCH3 is 1. The van der Waals surface area contributed by atoms with Crippen LogP contribution in [0.2, 0.25) is 0 Å². The lowest BCUT2D eigenvalue weighted by Crippen LogP contribution is -2.27. The molecule has 17 heavy (non-hydrogen) atoms. The van der Waals surface area contributed by atoms with Gasteiger partial charge in [-0.15, -0.1) is 0 Å². The molecule has 0 aliphatic heterocycles. The van der Waals surface area contributed by atoms with Gasteiger partial charge in [0.1, 0.15) is 0 Å². The summed E-state index contributed by atoms with van der Waals surface area (Å²) in [6, 6.07) is 0. The lowest BCUT2D eigenvalue weighted by atomic mass is 10.1. The minimum Gasteiger partial charge on any atom is -0.469 e. The molecule has 0 aliphatic carbocycles. The molecule has 0 heterocycles. The molecule has 0 bridgehead atoms. The third-order valence-corrected chi connectivity index (χ3v) is 3.77. The molecule has 0 aromatic carbocycles. The van der Waals surface area contributed by atoms with Crippen molar-refractivity contribution in [2.75, 3.05) is 19.4 Å². The van der Waals surface area contributed by atoms with Gasteiger partial charge in [0.05, 0.1) is 12.9 Å². The number of nitrogens with one attached hydrogen (secondary N) is 1. The second-order valence-corrected chi connectivity index (χ2v) is 6.36. The molecule has 0 atom stereocenters. The van der Waals surface area contributed by atoms with E-state index in [1.807, 2.05) is 0 Å². The zero-order valence-corrected chi connectivity index (χ0v) is 11.7. The van der Waals surface area contributed by atoms with Crippen LogP contribution >= 0.6 is 0 Å². The normalized spacial score (nSPS) is 11.8. The quantitative estimate of drug-likeness (QED) is 0.504. The molecule has 0 amide bonds. The Morgan fingerprint density at radius 3 is 2.47 bits per heavy atom. The molecule has 5 nitrogen and oxygen atoms in total. The van der Waals surface area contributed by atoms with Gasteiger partial charge in [0.2, 0.25) is 10.0 Å². The molecule has 0 aromatic heterocycles. The molecule has 0 aliphatic rings. The average molecular weight is 265 g/mol. The van der Waals surface area contributed by atoms with Crippen LogP contribution in [0.5, 0.6) is 0 Å². The first-order valence-corrected chi connectivity index (χ1v) is 7.56. The Bertz CT molecular complexity index is 311. The molecule has 0 radical (unpaired) electrons. The first-order chi connectivity index (χ1) is 7.87. The minimum absolute atomic E-state index is 0.0240. The molecule has 0 saturated carbocycles. The van der Waals surface area contributed by atoms with E-state index < -0.39 is 10.0 Å². The summed E-state index contributed by atoms with van der Waals surface area (Å²) in [5.41, 5.74) is 0. The molecular weight excluding hydrogens is 242 g/mol. The van der Waals surface area contributed by atoms with Gasteiger partial charge in [0.15, 0.2) is 0 Å². The molecule has 6 heteroatoms. The van der Waals surface area contributed by atoms with Crippen LogP contribution in [-0.2, 0) is 19.6 Å². The van der Waals surface area contributed by atoms with Gasteiger partial charge in [-0.25, -0.2) is 13.1 Å². The second kappa shape index (κ2) is 8.47. The lowest BCUT2D eigenvalue weighted by Gasteiger charge is -2.07. The Hall–Kier alpha value is -0.620. The fourth-order valence-corrected chi connectivity index (χ4v) is 2.44. The fraction of sp³-hybridized carbons (Fsp3) is 0.909. The topological polar surface area (TPSA) is 72.5 Å². The van der Waals surface area contributed by atoms with Crippen LogP contribution in [0.25, 0.3) is 0 Å². The van der Waals surface area contributed by atoms with Crippen molar-refractivity contribution in [3.05, 3.63) is 0 Å². The monoisotopic (exact) mass is 265 g/mol. The molecule has 0 aromatic rings. The molecular formula is C11H23NO4S. The molecule has 1 N–H and O–H groups in total. The summed E-state index contributed by atoms with van der Waals surface area (Å²) in [6.45, 7) is 4.68. The third-order valence-electron chi connectivity index (χ3n) is 2.30. The van der Waals surface area contributed by atoms with E-state index in [-0.39, 0.29) is 18.1 Å². The van der Waals surface area contributed by atoms with E-state index in [0.29, 0.717) is 18.9 Å². The highest BCUT2D eigenvalue weighted by Crippen LogP contribution is 2.03. The van der Waals surface area contributed by atoms with Crippen molar-refractivity contribution in [3.8, 4) is 0 Å². The van der Waals surface area contributed by atoms with Gasteiger partial charge in [0.25, 0.3) is 0 Å². The summed E-state index contributed by atoms with van der Waals surface area (Å²) < 4.78 is 29.9. The zero-order valence-electron chi connectivity index (χ0n) is 10.9. The molecule has 0 rings (SSSR count). The van der Waals surface area contributed by atoms with Crippen molar-refractivity contribution < 1.29 is 17.9 Å². The number of rotatable bonds is 9. The Kier molecular flexibility index (Phi) is 8.16. The van der Waals surface area contributed by atoms with Crippen molar-refractivity contribution in [3.63, 3.8) is 0 Å². The van der Waals surface area contributed by atoms with Crippen molar-refractivity contribution in [2.24, 2.45) is 5.92 Å². The first-order valence-electron chi connectivity index (χ1n) is 5.91. The fourth-order valence-electron chi connectivity index (χ4n) is 1.32. The van der Waals surface area contributed by atoms with E-state index in [4.69, 9.17) is 0 Å². The summed E-state index contributed by atoms with van der Waals surface area (Å²) >= 11 is 0. The van der Waals surface area contributed by atoms with Crippen LogP contribution in [0.3, 0.4) is 0 Å². The van der Waals surface area contributed by atoms with E-state index in [9.17, 15) is 13.2 Å². The number of carbonyl (C=O) groups excluding carboxylic acids is 1. The summed E-state index contributed by atoms with van der Waals surface area (Å²) in [4.78, 5) is 10.8. The van der Waals surface area contributed by atoms with Crippen molar-refractivity contribution in [1.29, 1.82) is 0 Å². The summed E-state index contributed by atoms with van der Waals surface area (Å²) in [5, 5.41) is 0. The standard InChI is InChI=1S/C11H23NO4S/c1-10(2)6-4-8-12-17(14,15)9-5-7-11(13)16-3/h10,12H,4-9H2,1-3H3. The van der Waals surface area contributed by atoms with Crippen molar-refractivity contribution in [2.45, 2.75) is 39.5 Å². The Morgan fingerprint density at radius 1 is 1.29 bits per heavy atom. The number of esters is 1. The summed E-state index contributed by atoms with van der Waals surface area (Å²) in [7, 11) is -1.95. The van der Waals surface area contributed by atoms with Gasteiger partial charge in [0, 0.05) is 13.0 Å². The Labute approximate surface area is 104 Å². The maximum absolute atomic E-state index is 11.5. The molecule has 102 valence electrons. The van der Waals surface area contributed by atoms with Gasteiger partial charge in [-0.2, -0.15) is 0 Å². The van der Waals surface area contributed by atoms with Crippen LogP contribution in [-0.4, -0.2) is 33.8 Å². The minimum atomic E-state index is -3.24. The number of ether oxygens (including phenoxy) is 1. The zero-order chi connectivity index (χ0) is 13.3. The van der Waals surface area contributed by atoms with E-state index in [2.05, 4.69) is 23.3 Å². The van der Waals surface area contributed by atoms with Crippen molar-refractivity contribution >= 4 is 16.0 Å². The Balaban J connectivity index is 3.70. The van der Waals surface area contributed by atoms with Gasteiger partial charge < -0.3 is 4.74 Å². The maximum atomic E-state index is 11.5. The Morgan fingerprint density at radius 2 is 1.94 bits per heavy atom. The molecule has 0 unspecified atom stereocenters. The van der Waals surface area contributed by atoms with Gasteiger partial charge in [-0.3, -0.25) is 4.79 Å².